The molecule has 0 aromatic rings. The van der Waals surface area contributed by atoms with E-state index in [1.165, 1.54) is 0 Å². The third-order valence-electron chi connectivity index (χ3n) is 4.16. The molecule has 0 amide bonds. The monoisotopic (exact) mass is 270 g/mol. The summed E-state index contributed by atoms with van der Waals surface area (Å²) >= 11 is 0. The molecule has 0 saturated carbocycles. The number of piperidine rings is 2. The van der Waals surface area contributed by atoms with Gasteiger partial charge in [-0.1, -0.05) is 12.8 Å². The van der Waals surface area contributed by atoms with Gasteiger partial charge in [-0.3, -0.25) is 19.4 Å². The fourth-order valence-corrected chi connectivity index (χ4v) is 3.11. The predicted molar refractivity (Wildman–Crippen MR) is 68.8 cm³/mol. The molecule has 0 spiro atoms. The Balaban J connectivity index is 2.00. The lowest BCUT2D eigenvalue weighted by Crippen LogP contribution is -2.54. The van der Waals surface area contributed by atoms with Crippen molar-refractivity contribution in [1.82, 2.24) is 9.80 Å². The molecular formula is C13H22N2O4. The van der Waals surface area contributed by atoms with Gasteiger partial charge in [0.15, 0.2) is 0 Å². The lowest BCUT2D eigenvalue weighted by Gasteiger charge is -2.40. The summed E-state index contributed by atoms with van der Waals surface area (Å²) in [6, 6.07) is -0.907. The maximum Gasteiger partial charge on any atom is 0.320 e. The minimum atomic E-state index is -0.788. The molecule has 0 aromatic carbocycles. The van der Waals surface area contributed by atoms with Crippen LogP contribution in [0.25, 0.3) is 0 Å². The Kier molecular flexibility index (Phi) is 4.76. The smallest absolute Gasteiger partial charge is 0.320 e. The van der Waals surface area contributed by atoms with Crippen molar-refractivity contribution in [2.75, 3.05) is 19.8 Å². The molecule has 19 heavy (non-hydrogen) atoms. The van der Waals surface area contributed by atoms with Crippen molar-refractivity contribution in [1.29, 1.82) is 0 Å². The first kappa shape index (κ1) is 14.3. The predicted octanol–water partition coefficient (Wildman–Crippen LogP) is 0.822. The lowest BCUT2D eigenvalue weighted by molar-refractivity contribution is -0.149. The molecule has 2 aliphatic heterocycles. The fourth-order valence-electron chi connectivity index (χ4n) is 3.11. The van der Waals surface area contributed by atoms with Crippen LogP contribution in [0.1, 0.15) is 38.5 Å². The van der Waals surface area contributed by atoms with Crippen LogP contribution < -0.4 is 0 Å². The molecule has 2 N–H and O–H groups in total. The maximum atomic E-state index is 11.2. The van der Waals surface area contributed by atoms with Crippen LogP contribution in [-0.2, 0) is 9.59 Å². The van der Waals surface area contributed by atoms with E-state index in [1.54, 1.807) is 0 Å². The Morgan fingerprint density at radius 3 is 1.63 bits per heavy atom. The van der Waals surface area contributed by atoms with E-state index in [-0.39, 0.29) is 0 Å². The van der Waals surface area contributed by atoms with E-state index in [4.69, 9.17) is 0 Å². The Morgan fingerprint density at radius 1 is 0.842 bits per heavy atom. The zero-order chi connectivity index (χ0) is 13.8. The minimum Gasteiger partial charge on any atom is -0.480 e. The molecular weight excluding hydrogens is 248 g/mol. The maximum absolute atomic E-state index is 11.2. The third kappa shape index (κ3) is 3.45. The summed E-state index contributed by atoms with van der Waals surface area (Å²) in [6.07, 6.45) is 5.21. The number of carboxylic acid groups (broad SMARTS) is 2. The first-order chi connectivity index (χ1) is 9.09. The number of carbonyl (C=O) groups is 2. The second kappa shape index (κ2) is 6.34. The van der Waals surface area contributed by atoms with Gasteiger partial charge in [-0.25, -0.2) is 0 Å². The molecule has 108 valence electrons. The van der Waals surface area contributed by atoms with E-state index < -0.39 is 24.0 Å². The summed E-state index contributed by atoms with van der Waals surface area (Å²) < 4.78 is 0. The summed E-state index contributed by atoms with van der Waals surface area (Å²) in [5.74, 6) is -1.58. The molecule has 2 unspecified atom stereocenters. The number of rotatable bonds is 4. The van der Waals surface area contributed by atoms with Crippen molar-refractivity contribution >= 4 is 11.9 Å². The van der Waals surface area contributed by atoms with Gasteiger partial charge in [0.25, 0.3) is 0 Å². The highest BCUT2D eigenvalue weighted by Gasteiger charge is 2.34. The van der Waals surface area contributed by atoms with Crippen molar-refractivity contribution < 1.29 is 19.8 Å². The van der Waals surface area contributed by atoms with E-state index in [9.17, 15) is 19.8 Å². The van der Waals surface area contributed by atoms with E-state index in [0.717, 1.165) is 38.8 Å². The Bertz CT molecular complexity index is 316. The number of nitrogens with zero attached hydrogens (tertiary/aromatic N) is 2. The molecule has 2 aliphatic rings. The van der Waals surface area contributed by atoms with Gasteiger partial charge in [-0.15, -0.1) is 0 Å². The molecule has 0 aliphatic carbocycles. The normalized spacial score (nSPS) is 30.1. The summed E-state index contributed by atoms with van der Waals surface area (Å²) in [5.41, 5.74) is 0. The van der Waals surface area contributed by atoms with Crippen LogP contribution in [0.3, 0.4) is 0 Å². The zero-order valence-corrected chi connectivity index (χ0v) is 11.1. The lowest BCUT2D eigenvalue weighted by atomic mass is 10.0. The summed E-state index contributed by atoms with van der Waals surface area (Å²) in [6.45, 7) is 1.97. The number of hydrogen-bond donors (Lipinski definition) is 2. The van der Waals surface area contributed by atoms with Gasteiger partial charge < -0.3 is 10.2 Å². The fraction of sp³-hybridized carbons (Fsp3) is 0.846. The topological polar surface area (TPSA) is 81.1 Å². The van der Waals surface area contributed by atoms with Crippen molar-refractivity contribution in [3.63, 3.8) is 0 Å². The SMILES string of the molecule is O=C(O)C1CCCCN1CN1CCCCC1C(=O)O. The van der Waals surface area contributed by atoms with Crippen molar-refractivity contribution in [3.05, 3.63) is 0 Å². The highest BCUT2D eigenvalue weighted by Crippen LogP contribution is 2.22. The van der Waals surface area contributed by atoms with Gasteiger partial charge in [-0.2, -0.15) is 0 Å². The Hall–Kier alpha value is -1.14. The van der Waals surface area contributed by atoms with Gasteiger partial charge in [0.05, 0.1) is 6.67 Å². The van der Waals surface area contributed by atoms with Crippen LogP contribution in [0.5, 0.6) is 0 Å². The molecule has 6 heteroatoms. The van der Waals surface area contributed by atoms with Crippen molar-refractivity contribution in [3.8, 4) is 0 Å². The third-order valence-corrected chi connectivity index (χ3v) is 4.16. The van der Waals surface area contributed by atoms with Crippen LogP contribution in [-0.4, -0.2) is 63.8 Å². The quantitative estimate of drug-likeness (QED) is 0.787. The molecule has 2 heterocycles. The van der Waals surface area contributed by atoms with Crippen LogP contribution in [0, 0.1) is 0 Å². The van der Waals surface area contributed by atoms with E-state index >= 15 is 0 Å². The first-order valence-corrected chi connectivity index (χ1v) is 7.03. The number of hydrogen-bond acceptors (Lipinski definition) is 4. The van der Waals surface area contributed by atoms with Crippen LogP contribution in [0.2, 0.25) is 0 Å². The zero-order valence-electron chi connectivity index (χ0n) is 11.1. The van der Waals surface area contributed by atoms with Crippen LogP contribution in [0.15, 0.2) is 0 Å². The molecule has 6 nitrogen and oxygen atoms in total. The molecule has 0 aromatic heterocycles. The summed E-state index contributed by atoms with van der Waals surface area (Å²) in [7, 11) is 0. The van der Waals surface area contributed by atoms with Crippen molar-refractivity contribution in [2.24, 2.45) is 0 Å². The van der Waals surface area contributed by atoms with Gasteiger partial charge >= 0.3 is 11.9 Å². The molecule has 2 rings (SSSR count). The summed E-state index contributed by atoms with van der Waals surface area (Å²) in [5, 5.41) is 18.5. The van der Waals surface area contributed by atoms with Gasteiger partial charge in [0.1, 0.15) is 12.1 Å². The number of aliphatic carboxylic acids is 2. The van der Waals surface area contributed by atoms with Gasteiger partial charge in [0, 0.05) is 13.1 Å². The Morgan fingerprint density at radius 2 is 1.26 bits per heavy atom. The molecule has 0 radical (unpaired) electrons. The van der Waals surface area contributed by atoms with Gasteiger partial charge in [-0.05, 0) is 25.7 Å². The molecule has 2 saturated heterocycles. The first-order valence-electron chi connectivity index (χ1n) is 7.03. The van der Waals surface area contributed by atoms with E-state index in [2.05, 4.69) is 0 Å². The standard InChI is InChI=1S/C13H22N2O4/c16-12(17)10-5-1-3-7-14(10)9-15-8-4-2-6-11(15)13(18)19/h10-11H,1-9H2,(H,16,17)(H,18,19). The number of carboxylic acids is 2. The average Bonchev–Trinajstić information content (AvgIpc) is 2.39. The molecule has 2 atom stereocenters. The van der Waals surface area contributed by atoms with Crippen molar-refractivity contribution in [2.45, 2.75) is 50.6 Å². The van der Waals surface area contributed by atoms with Crippen LogP contribution in [0.4, 0.5) is 0 Å². The van der Waals surface area contributed by atoms with Gasteiger partial charge in [0.2, 0.25) is 0 Å². The average molecular weight is 270 g/mol. The highest BCUT2D eigenvalue weighted by molar-refractivity contribution is 5.74. The van der Waals surface area contributed by atoms with Crippen LogP contribution >= 0.6 is 0 Å². The second-order valence-electron chi connectivity index (χ2n) is 5.47. The highest BCUT2D eigenvalue weighted by atomic mass is 16.4. The second-order valence-corrected chi connectivity index (χ2v) is 5.47. The van der Waals surface area contributed by atoms with E-state index in [0.29, 0.717) is 19.5 Å². The molecule has 2 fully saturated rings. The minimum absolute atomic E-state index is 0.454. The van der Waals surface area contributed by atoms with E-state index in [1.807, 2.05) is 9.80 Å². The Labute approximate surface area is 113 Å². The summed E-state index contributed by atoms with van der Waals surface area (Å²) in [4.78, 5) is 26.3. The largest absolute Gasteiger partial charge is 0.480 e. The number of likely N-dealkylation sites (tertiary alicyclic amines) is 2. The molecule has 0 bridgehead atoms.